The zero-order valence-electron chi connectivity index (χ0n) is 14.5. The van der Waals surface area contributed by atoms with Crippen molar-refractivity contribution in [3.05, 3.63) is 57.0 Å². The molecule has 0 radical (unpaired) electrons. The predicted molar refractivity (Wildman–Crippen MR) is 105 cm³/mol. The van der Waals surface area contributed by atoms with Crippen LogP contribution in [0.4, 0.5) is 5.69 Å². The van der Waals surface area contributed by atoms with Crippen molar-refractivity contribution < 1.29 is 19.1 Å². The fourth-order valence-electron chi connectivity index (χ4n) is 2.19. The number of esters is 1. The molecule has 7 heteroatoms. The number of ether oxygens (including phenoxy) is 2. The molecule has 0 atom stereocenters. The summed E-state index contributed by atoms with van der Waals surface area (Å²) in [6.45, 7) is 3.85. The lowest BCUT2D eigenvalue weighted by atomic mass is 10.2. The molecule has 0 bridgehead atoms. The fraction of sp³-hybridized carbons (Fsp3) is 0.263. The average molecular weight is 441 g/mol. The Morgan fingerprint density at radius 1 is 1.15 bits per heavy atom. The number of amides is 1. The van der Waals surface area contributed by atoms with Crippen LogP contribution in [0.15, 0.2) is 40.9 Å². The third-order valence-corrected chi connectivity index (χ3v) is 4.46. The lowest BCUT2D eigenvalue weighted by molar-refractivity contribution is -0.118. The van der Waals surface area contributed by atoms with Crippen LogP contribution >= 0.6 is 27.5 Å². The monoisotopic (exact) mass is 439 g/mol. The van der Waals surface area contributed by atoms with Crippen LogP contribution in [0.5, 0.6) is 5.75 Å². The smallest absolute Gasteiger partial charge is 0.339 e. The molecule has 0 saturated heterocycles. The summed E-state index contributed by atoms with van der Waals surface area (Å²) in [5.41, 5.74) is 1.80. The summed E-state index contributed by atoms with van der Waals surface area (Å²) in [6, 6.07) is 10.3. The molecule has 138 valence electrons. The minimum absolute atomic E-state index is 0.165. The number of rotatable bonds is 7. The van der Waals surface area contributed by atoms with Crippen molar-refractivity contribution >= 4 is 45.1 Å². The van der Waals surface area contributed by atoms with Crippen LogP contribution in [0.3, 0.4) is 0 Å². The second kappa shape index (κ2) is 9.59. The third kappa shape index (κ3) is 5.47. The Morgan fingerprint density at radius 2 is 1.92 bits per heavy atom. The molecule has 0 spiro atoms. The summed E-state index contributed by atoms with van der Waals surface area (Å²) in [5, 5.41) is 2.93. The Morgan fingerprint density at radius 3 is 2.58 bits per heavy atom. The Kier molecular flexibility index (Phi) is 7.48. The molecule has 0 saturated carbocycles. The van der Waals surface area contributed by atoms with E-state index in [9.17, 15) is 9.59 Å². The van der Waals surface area contributed by atoms with E-state index in [1.54, 1.807) is 13.0 Å². The molecule has 0 aromatic heterocycles. The van der Waals surface area contributed by atoms with E-state index in [1.165, 1.54) is 17.7 Å². The van der Waals surface area contributed by atoms with E-state index in [-0.39, 0.29) is 29.7 Å². The number of carbonyl (C=O) groups is 2. The number of benzene rings is 2. The van der Waals surface area contributed by atoms with E-state index in [2.05, 4.69) is 28.2 Å². The molecule has 26 heavy (non-hydrogen) atoms. The van der Waals surface area contributed by atoms with Crippen LogP contribution < -0.4 is 10.1 Å². The summed E-state index contributed by atoms with van der Waals surface area (Å²) in [6.07, 6.45) is 0.915. The Bertz CT molecular complexity index is 810. The first-order valence-electron chi connectivity index (χ1n) is 8.12. The second-order valence-corrected chi connectivity index (χ2v) is 6.63. The topological polar surface area (TPSA) is 64.6 Å². The van der Waals surface area contributed by atoms with Gasteiger partial charge in [0.05, 0.1) is 21.7 Å². The van der Waals surface area contributed by atoms with Crippen LogP contribution in [-0.4, -0.2) is 25.1 Å². The second-order valence-electron chi connectivity index (χ2n) is 5.37. The van der Waals surface area contributed by atoms with E-state index >= 15 is 0 Å². The zero-order chi connectivity index (χ0) is 19.1. The first-order chi connectivity index (χ1) is 12.4. The van der Waals surface area contributed by atoms with Crippen molar-refractivity contribution in [2.45, 2.75) is 20.3 Å². The molecule has 0 heterocycles. The van der Waals surface area contributed by atoms with Crippen molar-refractivity contribution in [3.8, 4) is 5.75 Å². The van der Waals surface area contributed by atoms with Gasteiger partial charge in [-0.2, -0.15) is 0 Å². The molecule has 0 aliphatic rings. The standard InChI is InChI=1S/C19H19BrClNO4/c1-3-12-5-8-17(15(20)9-12)26-11-18(23)22-13-6-7-16(21)14(10-13)19(24)25-4-2/h5-10H,3-4,11H2,1-2H3,(H,22,23). The summed E-state index contributed by atoms with van der Waals surface area (Å²) < 4.78 is 11.3. The van der Waals surface area contributed by atoms with E-state index in [0.717, 1.165) is 10.9 Å². The number of hydrogen-bond donors (Lipinski definition) is 1. The number of carbonyl (C=O) groups excluding carboxylic acids is 2. The summed E-state index contributed by atoms with van der Waals surface area (Å²) in [5.74, 6) is -0.306. The van der Waals surface area contributed by atoms with Crippen molar-refractivity contribution in [2.24, 2.45) is 0 Å². The largest absolute Gasteiger partial charge is 0.483 e. The van der Waals surface area contributed by atoms with E-state index in [1.807, 2.05) is 18.2 Å². The van der Waals surface area contributed by atoms with Gasteiger partial charge in [-0.05, 0) is 65.2 Å². The number of anilines is 1. The molecular formula is C19H19BrClNO4. The Hall–Kier alpha value is -2.05. The first-order valence-corrected chi connectivity index (χ1v) is 9.29. The minimum Gasteiger partial charge on any atom is -0.483 e. The van der Waals surface area contributed by atoms with Crippen molar-refractivity contribution in [1.29, 1.82) is 0 Å². The lowest BCUT2D eigenvalue weighted by Gasteiger charge is -2.11. The summed E-state index contributed by atoms with van der Waals surface area (Å²) >= 11 is 9.43. The molecule has 0 unspecified atom stereocenters. The maximum absolute atomic E-state index is 12.1. The molecule has 1 amide bonds. The van der Waals surface area contributed by atoms with Gasteiger partial charge in [0.15, 0.2) is 6.61 Å². The lowest BCUT2D eigenvalue weighted by Crippen LogP contribution is -2.20. The third-order valence-electron chi connectivity index (χ3n) is 3.51. The van der Waals surface area contributed by atoms with Gasteiger partial charge in [-0.1, -0.05) is 24.6 Å². The molecule has 2 aromatic carbocycles. The molecule has 0 aliphatic carbocycles. The van der Waals surface area contributed by atoms with Gasteiger partial charge in [-0.15, -0.1) is 0 Å². The molecule has 2 aromatic rings. The van der Waals surface area contributed by atoms with Gasteiger partial charge in [0.25, 0.3) is 5.91 Å². The van der Waals surface area contributed by atoms with Gasteiger partial charge in [-0.3, -0.25) is 4.79 Å². The zero-order valence-corrected chi connectivity index (χ0v) is 16.8. The quantitative estimate of drug-likeness (QED) is 0.625. The average Bonchev–Trinajstić information content (AvgIpc) is 2.62. The number of halogens is 2. The minimum atomic E-state index is -0.537. The summed E-state index contributed by atoms with van der Waals surface area (Å²) in [4.78, 5) is 24.0. The van der Waals surface area contributed by atoms with E-state index in [4.69, 9.17) is 21.1 Å². The van der Waals surface area contributed by atoms with Crippen LogP contribution in [0, 0.1) is 0 Å². The molecule has 5 nitrogen and oxygen atoms in total. The van der Waals surface area contributed by atoms with Gasteiger partial charge < -0.3 is 14.8 Å². The SMILES string of the molecule is CCOC(=O)c1cc(NC(=O)COc2ccc(CC)cc2Br)ccc1Cl. The predicted octanol–water partition coefficient (Wildman–Crippen LogP) is 4.86. The van der Waals surface area contributed by atoms with E-state index < -0.39 is 5.97 Å². The van der Waals surface area contributed by atoms with Gasteiger partial charge in [-0.25, -0.2) is 4.79 Å². The van der Waals surface area contributed by atoms with Crippen LogP contribution in [-0.2, 0) is 16.0 Å². The maximum atomic E-state index is 12.1. The molecule has 0 aliphatic heterocycles. The Balaban J connectivity index is 1.99. The fourth-order valence-corrected chi connectivity index (χ4v) is 2.93. The Labute approximate surface area is 165 Å². The highest BCUT2D eigenvalue weighted by Gasteiger charge is 2.14. The maximum Gasteiger partial charge on any atom is 0.339 e. The highest BCUT2D eigenvalue weighted by molar-refractivity contribution is 9.10. The van der Waals surface area contributed by atoms with Crippen LogP contribution in [0.2, 0.25) is 5.02 Å². The number of nitrogens with one attached hydrogen (secondary N) is 1. The molecule has 0 fully saturated rings. The first kappa shape index (κ1) is 20.3. The van der Waals surface area contributed by atoms with Crippen molar-refractivity contribution in [3.63, 3.8) is 0 Å². The highest BCUT2D eigenvalue weighted by Crippen LogP contribution is 2.26. The van der Waals surface area contributed by atoms with Crippen molar-refractivity contribution in [1.82, 2.24) is 0 Å². The molecular weight excluding hydrogens is 422 g/mol. The van der Waals surface area contributed by atoms with Crippen molar-refractivity contribution in [2.75, 3.05) is 18.5 Å². The summed E-state index contributed by atoms with van der Waals surface area (Å²) in [7, 11) is 0. The van der Waals surface area contributed by atoms with E-state index in [0.29, 0.717) is 11.4 Å². The molecule has 1 N–H and O–H groups in total. The van der Waals surface area contributed by atoms with Gasteiger partial charge in [0.1, 0.15) is 5.75 Å². The number of hydrogen-bond acceptors (Lipinski definition) is 4. The van der Waals surface area contributed by atoms with Crippen LogP contribution in [0.1, 0.15) is 29.8 Å². The normalized spacial score (nSPS) is 10.3. The van der Waals surface area contributed by atoms with Gasteiger partial charge >= 0.3 is 5.97 Å². The van der Waals surface area contributed by atoms with Gasteiger partial charge in [0.2, 0.25) is 0 Å². The number of aryl methyl sites for hydroxylation is 1. The highest BCUT2D eigenvalue weighted by atomic mass is 79.9. The molecule has 2 rings (SSSR count). The van der Waals surface area contributed by atoms with Gasteiger partial charge in [0, 0.05) is 5.69 Å². The van der Waals surface area contributed by atoms with Crippen LogP contribution in [0.25, 0.3) is 0 Å².